The number of benzene rings is 2. The first-order valence-corrected chi connectivity index (χ1v) is 9.08. The average Bonchev–Trinajstić information content (AvgIpc) is 2.67. The Bertz CT molecular complexity index is 1030. The summed E-state index contributed by atoms with van der Waals surface area (Å²) < 4.78 is 0. The lowest BCUT2D eigenvalue weighted by Crippen LogP contribution is -2.16. The van der Waals surface area contributed by atoms with E-state index in [1.165, 1.54) is 0 Å². The number of amides is 1. The first-order valence-electron chi connectivity index (χ1n) is 8.70. The topological polar surface area (TPSA) is 113 Å². The van der Waals surface area contributed by atoms with E-state index in [1.54, 1.807) is 55.5 Å². The molecule has 0 bridgehead atoms. The van der Waals surface area contributed by atoms with Gasteiger partial charge in [-0.2, -0.15) is 0 Å². The van der Waals surface area contributed by atoms with Crippen LogP contribution in [0, 0.1) is 6.92 Å². The fourth-order valence-corrected chi connectivity index (χ4v) is 2.73. The minimum absolute atomic E-state index is 0.143. The number of nitrogens with one attached hydrogen (secondary N) is 3. The second kappa shape index (κ2) is 8.69. The van der Waals surface area contributed by atoms with Gasteiger partial charge in [0, 0.05) is 40.5 Å². The Hall–Kier alpha value is -3.16. The number of aromatic amines is 1. The Morgan fingerprint density at radius 1 is 1.11 bits per heavy atom. The SMILES string of the molecule is Cc1c(-c2ccc(NC(=O)CCN)cc2)nc(Nc2ccc(Cl)cc2)[nH]c1=O. The zero-order valence-electron chi connectivity index (χ0n) is 15.3. The van der Waals surface area contributed by atoms with Crippen LogP contribution in [0.4, 0.5) is 17.3 Å². The van der Waals surface area contributed by atoms with Crippen molar-refractivity contribution in [2.45, 2.75) is 13.3 Å². The number of halogens is 1. The van der Waals surface area contributed by atoms with Gasteiger partial charge in [-0.15, -0.1) is 0 Å². The molecule has 28 heavy (non-hydrogen) atoms. The second-order valence-electron chi connectivity index (χ2n) is 6.18. The molecule has 0 aliphatic carbocycles. The molecule has 8 heteroatoms. The zero-order valence-corrected chi connectivity index (χ0v) is 16.0. The van der Waals surface area contributed by atoms with Crippen LogP contribution in [0.3, 0.4) is 0 Å². The van der Waals surface area contributed by atoms with E-state index in [4.69, 9.17) is 17.3 Å². The van der Waals surface area contributed by atoms with Crippen molar-refractivity contribution in [1.82, 2.24) is 9.97 Å². The third kappa shape index (κ3) is 4.76. The van der Waals surface area contributed by atoms with Crippen molar-refractivity contribution in [3.05, 3.63) is 69.5 Å². The summed E-state index contributed by atoms with van der Waals surface area (Å²) in [5, 5.41) is 6.45. The van der Waals surface area contributed by atoms with Crippen LogP contribution in [-0.4, -0.2) is 22.4 Å². The van der Waals surface area contributed by atoms with Crippen LogP contribution >= 0.6 is 11.6 Å². The number of nitrogens with zero attached hydrogens (tertiary/aromatic N) is 1. The van der Waals surface area contributed by atoms with Crippen LogP contribution < -0.4 is 21.9 Å². The van der Waals surface area contributed by atoms with Gasteiger partial charge in [0.05, 0.1) is 5.69 Å². The first kappa shape index (κ1) is 19.6. The number of carbonyl (C=O) groups is 1. The molecule has 7 nitrogen and oxygen atoms in total. The van der Waals surface area contributed by atoms with Gasteiger partial charge in [0.1, 0.15) is 0 Å². The van der Waals surface area contributed by atoms with E-state index in [2.05, 4.69) is 20.6 Å². The van der Waals surface area contributed by atoms with Gasteiger partial charge in [0.25, 0.3) is 5.56 Å². The molecule has 0 spiro atoms. The van der Waals surface area contributed by atoms with Crippen LogP contribution in [-0.2, 0) is 4.79 Å². The highest BCUT2D eigenvalue weighted by Crippen LogP contribution is 2.23. The van der Waals surface area contributed by atoms with E-state index in [0.29, 0.717) is 34.5 Å². The molecule has 0 fully saturated rings. The largest absolute Gasteiger partial charge is 0.330 e. The maximum atomic E-state index is 12.3. The number of H-pyrrole nitrogens is 1. The Labute approximate surface area is 167 Å². The number of hydrogen-bond acceptors (Lipinski definition) is 5. The lowest BCUT2D eigenvalue weighted by Gasteiger charge is -2.11. The molecule has 1 amide bonds. The summed E-state index contributed by atoms with van der Waals surface area (Å²) in [7, 11) is 0. The van der Waals surface area contributed by atoms with Crippen molar-refractivity contribution < 1.29 is 4.79 Å². The van der Waals surface area contributed by atoms with Gasteiger partial charge in [0.15, 0.2) is 0 Å². The molecule has 0 saturated carbocycles. The second-order valence-corrected chi connectivity index (χ2v) is 6.62. The van der Waals surface area contributed by atoms with E-state index in [-0.39, 0.29) is 17.9 Å². The Morgan fingerprint density at radius 2 is 1.75 bits per heavy atom. The van der Waals surface area contributed by atoms with Crippen LogP contribution in [0.1, 0.15) is 12.0 Å². The normalized spacial score (nSPS) is 10.5. The van der Waals surface area contributed by atoms with Crippen molar-refractivity contribution in [2.75, 3.05) is 17.2 Å². The maximum absolute atomic E-state index is 12.3. The fourth-order valence-electron chi connectivity index (χ4n) is 2.61. The van der Waals surface area contributed by atoms with E-state index < -0.39 is 0 Å². The highest BCUT2D eigenvalue weighted by molar-refractivity contribution is 6.30. The van der Waals surface area contributed by atoms with Crippen LogP contribution in [0.25, 0.3) is 11.3 Å². The number of nitrogens with two attached hydrogens (primary N) is 1. The van der Waals surface area contributed by atoms with Crippen molar-refractivity contribution in [1.29, 1.82) is 0 Å². The number of anilines is 3. The molecule has 0 aliphatic heterocycles. The molecule has 0 aliphatic rings. The summed E-state index contributed by atoms with van der Waals surface area (Å²) in [4.78, 5) is 31.2. The van der Waals surface area contributed by atoms with Crippen LogP contribution in [0.5, 0.6) is 0 Å². The minimum atomic E-state index is -0.234. The molecule has 3 rings (SSSR count). The van der Waals surface area contributed by atoms with Gasteiger partial charge in [-0.1, -0.05) is 23.7 Å². The minimum Gasteiger partial charge on any atom is -0.330 e. The molecule has 144 valence electrons. The van der Waals surface area contributed by atoms with E-state index in [1.807, 2.05) is 0 Å². The fraction of sp³-hybridized carbons (Fsp3) is 0.150. The molecule has 3 aromatic rings. The van der Waals surface area contributed by atoms with Crippen molar-refractivity contribution in [2.24, 2.45) is 5.73 Å². The predicted molar refractivity (Wildman–Crippen MR) is 112 cm³/mol. The monoisotopic (exact) mass is 397 g/mol. The predicted octanol–water partition coefficient (Wildman–Crippen LogP) is 3.43. The molecule has 0 saturated heterocycles. The number of hydrogen-bond donors (Lipinski definition) is 4. The van der Waals surface area contributed by atoms with Gasteiger partial charge in [-0.25, -0.2) is 4.98 Å². The molecule has 0 radical (unpaired) electrons. The lowest BCUT2D eigenvalue weighted by atomic mass is 10.1. The Balaban J connectivity index is 1.86. The summed E-state index contributed by atoms with van der Waals surface area (Å²) in [6.07, 6.45) is 0.260. The third-order valence-corrected chi connectivity index (χ3v) is 4.32. The van der Waals surface area contributed by atoms with Crippen molar-refractivity contribution in [3.8, 4) is 11.3 Å². The van der Waals surface area contributed by atoms with Crippen LogP contribution in [0.15, 0.2) is 53.3 Å². The molecular weight excluding hydrogens is 378 g/mol. The van der Waals surface area contributed by atoms with Crippen molar-refractivity contribution >= 4 is 34.8 Å². The van der Waals surface area contributed by atoms with Gasteiger partial charge >= 0.3 is 0 Å². The summed E-state index contributed by atoms with van der Waals surface area (Å²) in [6.45, 7) is 2.01. The lowest BCUT2D eigenvalue weighted by molar-refractivity contribution is -0.116. The smallest absolute Gasteiger partial charge is 0.255 e. The van der Waals surface area contributed by atoms with Gasteiger partial charge in [0.2, 0.25) is 11.9 Å². The quantitative estimate of drug-likeness (QED) is 0.509. The molecule has 5 N–H and O–H groups in total. The molecule has 2 aromatic carbocycles. The summed E-state index contributed by atoms with van der Waals surface area (Å²) in [5.41, 5.74) is 8.37. The summed E-state index contributed by atoms with van der Waals surface area (Å²) >= 11 is 5.89. The summed E-state index contributed by atoms with van der Waals surface area (Å²) in [5.74, 6) is 0.184. The highest BCUT2D eigenvalue weighted by Gasteiger charge is 2.11. The Kier molecular flexibility index (Phi) is 6.08. The molecule has 0 unspecified atom stereocenters. The molecular formula is C20H20ClN5O2. The summed E-state index contributed by atoms with van der Waals surface area (Å²) in [6, 6.07) is 14.2. The van der Waals surface area contributed by atoms with Crippen molar-refractivity contribution in [3.63, 3.8) is 0 Å². The number of carbonyl (C=O) groups excluding carboxylic acids is 1. The van der Waals surface area contributed by atoms with E-state index in [9.17, 15) is 9.59 Å². The highest BCUT2D eigenvalue weighted by atomic mass is 35.5. The average molecular weight is 398 g/mol. The van der Waals surface area contributed by atoms with E-state index in [0.717, 1.165) is 11.3 Å². The van der Waals surface area contributed by atoms with Gasteiger partial charge in [-0.3, -0.25) is 14.6 Å². The first-order chi connectivity index (χ1) is 13.5. The van der Waals surface area contributed by atoms with Gasteiger partial charge < -0.3 is 16.4 Å². The number of rotatable bonds is 6. The number of aromatic nitrogens is 2. The molecule has 1 heterocycles. The van der Waals surface area contributed by atoms with E-state index >= 15 is 0 Å². The standard InChI is InChI=1S/C20H20ClN5O2/c1-12-18(13-2-6-15(7-3-13)23-17(27)10-11-22)25-20(26-19(12)28)24-16-8-4-14(21)5-9-16/h2-9H,10-11,22H2,1H3,(H,23,27)(H2,24,25,26,28). The third-order valence-electron chi connectivity index (χ3n) is 4.07. The van der Waals surface area contributed by atoms with Crippen LogP contribution in [0.2, 0.25) is 5.02 Å². The molecule has 0 atom stereocenters. The Morgan fingerprint density at radius 3 is 2.39 bits per heavy atom. The molecule has 1 aromatic heterocycles. The van der Waals surface area contributed by atoms with Gasteiger partial charge in [-0.05, 0) is 43.3 Å². The maximum Gasteiger partial charge on any atom is 0.255 e. The zero-order chi connectivity index (χ0) is 20.1.